The Balaban J connectivity index is 1.84. The Bertz CT molecular complexity index is 767. The maximum Gasteiger partial charge on any atom is 0.289 e. The number of nitrogens with one attached hydrogen (secondary N) is 1. The average molecular weight is 354 g/mol. The van der Waals surface area contributed by atoms with Crippen LogP contribution in [0, 0.1) is 18.8 Å². The van der Waals surface area contributed by atoms with Crippen molar-refractivity contribution in [1.29, 1.82) is 0 Å². The van der Waals surface area contributed by atoms with E-state index in [2.05, 4.69) is 38.2 Å². The predicted octanol–water partition coefficient (Wildman–Crippen LogP) is 3.22. The van der Waals surface area contributed by atoms with Crippen LogP contribution in [0.1, 0.15) is 41.4 Å². The molecule has 0 radical (unpaired) electrons. The minimum Gasteiger partial charge on any atom is -0.459 e. The zero-order valence-electron chi connectivity index (χ0n) is 15.6. The number of hydrogen-bond donors (Lipinski definition) is 1. The fourth-order valence-corrected chi connectivity index (χ4v) is 3.55. The van der Waals surface area contributed by atoms with Gasteiger partial charge in [-0.05, 0) is 36.1 Å². The number of likely N-dealkylation sites (tertiary alicyclic amines) is 1. The zero-order valence-corrected chi connectivity index (χ0v) is 15.6. The maximum absolute atomic E-state index is 12.8. The second-order valence-electron chi connectivity index (χ2n) is 7.40. The van der Waals surface area contributed by atoms with Gasteiger partial charge in [-0.1, -0.05) is 38.1 Å². The van der Waals surface area contributed by atoms with E-state index in [9.17, 15) is 9.59 Å². The number of nitrogens with zero attached hydrogens (tertiary/aromatic N) is 1. The highest BCUT2D eigenvalue weighted by Crippen LogP contribution is 2.35. The molecule has 0 bridgehead atoms. The van der Waals surface area contributed by atoms with Crippen LogP contribution in [0.25, 0.3) is 0 Å². The molecule has 2 atom stereocenters. The van der Waals surface area contributed by atoms with E-state index in [1.807, 2.05) is 12.1 Å². The first-order valence-corrected chi connectivity index (χ1v) is 9.13. The lowest BCUT2D eigenvalue weighted by Crippen LogP contribution is -2.37. The van der Waals surface area contributed by atoms with Crippen LogP contribution in [0.15, 0.2) is 47.1 Å². The van der Waals surface area contributed by atoms with Crippen molar-refractivity contribution in [2.45, 2.75) is 26.7 Å². The molecular weight excluding hydrogens is 328 g/mol. The van der Waals surface area contributed by atoms with Gasteiger partial charge >= 0.3 is 0 Å². The van der Waals surface area contributed by atoms with Gasteiger partial charge in [0.25, 0.3) is 5.91 Å². The van der Waals surface area contributed by atoms with Gasteiger partial charge in [0.2, 0.25) is 5.91 Å². The third-order valence-corrected chi connectivity index (χ3v) is 4.95. The fourth-order valence-electron chi connectivity index (χ4n) is 3.55. The molecule has 26 heavy (non-hydrogen) atoms. The van der Waals surface area contributed by atoms with E-state index >= 15 is 0 Å². The molecule has 5 nitrogen and oxygen atoms in total. The Morgan fingerprint density at radius 2 is 1.96 bits per heavy atom. The van der Waals surface area contributed by atoms with Crippen LogP contribution >= 0.6 is 0 Å². The lowest BCUT2D eigenvalue weighted by atomic mass is 9.86. The summed E-state index contributed by atoms with van der Waals surface area (Å²) < 4.78 is 5.26. The zero-order chi connectivity index (χ0) is 18.7. The quantitative estimate of drug-likeness (QED) is 0.897. The highest BCUT2D eigenvalue weighted by Gasteiger charge is 2.41. The van der Waals surface area contributed by atoms with Crippen LogP contribution in [-0.4, -0.2) is 36.3 Å². The van der Waals surface area contributed by atoms with E-state index in [0.717, 1.165) is 11.1 Å². The Morgan fingerprint density at radius 1 is 1.19 bits per heavy atom. The monoisotopic (exact) mass is 354 g/mol. The Hall–Kier alpha value is -2.56. The van der Waals surface area contributed by atoms with Crippen LogP contribution in [0.2, 0.25) is 0 Å². The Kier molecular flexibility index (Phi) is 5.45. The lowest BCUT2D eigenvalue weighted by molar-refractivity contribution is -0.125. The smallest absolute Gasteiger partial charge is 0.289 e. The molecule has 138 valence electrons. The van der Waals surface area contributed by atoms with Crippen LogP contribution in [0.3, 0.4) is 0 Å². The molecule has 0 unspecified atom stereocenters. The van der Waals surface area contributed by atoms with E-state index in [1.54, 1.807) is 17.0 Å². The summed E-state index contributed by atoms with van der Waals surface area (Å²) >= 11 is 0. The molecule has 1 saturated heterocycles. The van der Waals surface area contributed by atoms with Gasteiger partial charge in [0.15, 0.2) is 5.76 Å². The molecule has 1 aliphatic rings. The van der Waals surface area contributed by atoms with Gasteiger partial charge in [0.1, 0.15) is 0 Å². The van der Waals surface area contributed by atoms with Crippen LogP contribution in [0.4, 0.5) is 0 Å². The molecule has 0 saturated carbocycles. The van der Waals surface area contributed by atoms with Crippen molar-refractivity contribution in [2.75, 3.05) is 19.6 Å². The molecule has 1 fully saturated rings. The maximum atomic E-state index is 12.8. The summed E-state index contributed by atoms with van der Waals surface area (Å²) in [6.45, 7) is 7.75. The number of hydrogen-bond acceptors (Lipinski definition) is 3. The minimum absolute atomic E-state index is 0.0118. The molecule has 3 rings (SSSR count). The number of rotatable bonds is 5. The topological polar surface area (TPSA) is 62.6 Å². The van der Waals surface area contributed by atoms with Gasteiger partial charge in [-0.15, -0.1) is 0 Å². The van der Waals surface area contributed by atoms with E-state index in [4.69, 9.17) is 4.42 Å². The molecule has 2 aromatic rings. The molecule has 5 heteroatoms. The lowest BCUT2D eigenvalue weighted by Gasteiger charge is -2.20. The van der Waals surface area contributed by atoms with Gasteiger partial charge in [0, 0.05) is 25.6 Å². The van der Waals surface area contributed by atoms with E-state index in [0.29, 0.717) is 31.3 Å². The SMILES string of the molecule is Cc1ccccc1[C@H]1CN(C(=O)c2ccco2)C[C@H]1C(=O)NCC(C)C. The van der Waals surface area contributed by atoms with Gasteiger partial charge < -0.3 is 14.6 Å². The molecule has 0 aliphatic carbocycles. The van der Waals surface area contributed by atoms with Crippen molar-refractivity contribution in [3.8, 4) is 0 Å². The summed E-state index contributed by atoms with van der Waals surface area (Å²) in [5.41, 5.74) is 2.28. The summed E-state index contributed by atoms with van der Waals surface area (Å²) in [6.07, 6.45) is 1.49. The van der Waals surface area contributed by atoms with Gasteiger partial charge in [-0.2, -0.15) is 0 Å². The van der Waals surface area contributed by atoms with Crippen molar-refractivity contribution in [2.24, 2.45) is 11.8 Å². The van der Waals surface area contributed by atoms with Crippen molar-refractivity contribution < 1.29 is 14.0 Å². The van der Waals surface area contributed by atoms with Crippen LogP contribution in [-0.2, 0) is 4.79 Å². The average Bonchev–Trinajstić information content (AvgIpc) is 3.29. The number of amides is 2. The Morgan fingerprint density at radius 3 is 2.62 bits per heavy atom. The first kappa shape index (κ1) is 18.2. The second kappa shape index (κ2) is 7.77. The normalized spacial score (nSPS) is 19.8. The number of carbonyl (C=O) groups excluding carboxylic acids is 2. The summed E-state index contributed by atoms with van der Waals surface area (Å²) in [5, 5.41) is 3.04. The van der Waals surface area contributed by atoms with E-state index < -0.39 is 0 Å². The summed E-state index contributed by atoms with van der Waals surface area (Å²) in [7, 11) is 0. The van der Waals surface area contributed by atoms with Crippen molar-refractivity contribution in [3.05, 3.63) is 59.5 Å². The third-order valence-electron chi connectivity index (χ3n) is 4.95. The van der Waals surface area contributed by atoms with Gasteiger partial charge in [0.05, 0.1) is 12.2 Å². The van der Waals surface area contributed by atoms with Crippen LogP contribution in [0.5, 0.6) is 0 Å². The molecule has 1 aliphatic heterocycles. The standard InChI is InChI=1S/C21H26N2O3/c1-14(2)11-22-20(24)18-13-23(21(25)19-9-6-10-26-19)12-17(18)16-8-5-4-7-15(16)3/h4-10,14,17-18H,11-13H2,1-3H3,(H,22,24)/t17-,18-/m1/s1. The molecule has 1 aromatic heterocycles. The molecule has 1 N–H and O–H groups in total. The Labute approximate surface area is 154 Å². The molecule has 0 spiro atoms. The second-order valence-corrected chi connectivity index (χ2v) is 7.40. The van der Waals surface area contributed by atoms with E-state index in [1.165, 1.54) is 6.26 Å². The minimum atomic E-state index is -0.256. The highest BCUT2D eigenvalue weighted by atomic mass is 16.3. The number of benzene rings is 1. The summed E-state index contributed by atoms with van der Waals surface area (Å²) in [4.78, 5) is 27.3. The first-order valence-electron chi connectivity index (χ1n) is 9.13. The third kappa shape index (κ3) is 3.82. The fraction of sp³-hybridized carbons (Fsp3) is 0.429. The van der Waals surface area contributed by atoms with E-state index in [-0.39, 0.29) is 23.7 Å². The van der Waals surface area contributed by atoms with Crippen molar-refractivity contribution >= 4 is 11.8 Å². The van der Waals surface area contributed by atoms with Crippen molar-refractivity contribution in [1.82, 2.24) is 10.2 Å². The van der Waals surface area contributed by atoms with Crippen LogP contribution < -0.4 is 5.32 Å². The van der Waals surface area contributed by atoms with Gasteiger partial charge in [-0.3, -0.25) is 9.59 Å². The summed E-state index contributed by atoms with van der Waals surface area (Å²) in [5.74, 6) is 0.292. The molecule has 2 heterocycles. The molecule has 1 aromatic carbocycles. The highest BCUT2D eigenvalue weighted by molar-refractivity contribution is 5.92. The predicted molar refractivity (Wildman–Crippen MR) is 99.9 cm³/mol. The molecular formula is C21H26N2O3. The number of carbonyl (C=O) groups is 2. The van der Waals surface area contributed by atoms with Gasteiger partial charge in [-0.25, -0.2) is 0 Å². The largest absolute Gasteiger partial charge is 0.459 e. The number of furan rings is 1. The molecule has 2 amide bonds. The summed E-state index contributed by atoms with van der Waals surface area (Å²) in [6, 6.07) is 11.5. The number of aryl methyl sites for hydroxylation is 1. The first-order chi connectivity index (χ1) is 12.5. The van der Waals surface area contributed by atoms with Crippen molar-refractivity contribution in [3.63, 3.8) is 0 Å².